The van der Waals surface area contributed by atoms with E-state index in [-0.39, 0.29) is 0 Å². The third-order valence-electron chi connectivity index (χ3n) is 2.77. The molecule has 2 rings (SSSR count). The Morgan fingerprint density at radius 1 is 1.20 bits per heavy atom. The van der Waals surface area contributed by atoms with Crippen LogP contribution >= 0.6 is 12.2 Å². The Balaban J connectivity index is 2.02. The van der Waals surface area contributed by atoms with Crippen LogP contribution in [-0.4, -0.2) is 16.6 Å². The molecule has 0 aliphatic carbocycles. The van der Waals surface area contributed by atoms with Crippen molar-refractivity contribution in [2.75, 3.05) is 17.2 Å². The number of pyridine rings is 1. The quantitative estimate of drug-likeness (QED) is 0.752. The van der Waals surface area contributed by atoms with Gasteiger partial charge in [0.1, 0.15) is 5.82 Å². The van der Waals surface area contributed by atoms with Crippen molar-refractivity contribution in [3.05, 3.63) is 48.2 Å². The van der Waals surface area contributed by atoms with Gasteiger partial charge in [0.15, 0.2) is 5.11 Å². The SMILES string of the molecule is CCNC(=S)Nc1ccc(Nc2ccccc2C)nc1. The molecule has 0 amide bonds. The number of aryl methyl sites for hydroxylation is 1. The topological polar surface area (TPSA) is 49.0 Å². The predicted octanol–water partition coefficient (Wildman–Crippen LogP) is 3.44. The highest BCUT2D eigenvalue weighted by Crippen LogP contribution is 2.19. The molecule has 0 aliphatic heterocycles. The summed E-state index contributed by atoms with van der Waals surface area (Å²) in [6.45, 7) is 4.86. The van der Waals surface area contributed by atoms with E-state index in [1.54, 1.807) is 6.20 Å². The molecule has 0 fully saturated rings. The molecule has 1 aromatic heterocycles. The fourth-order valence-corrected chi connectivity index (χ4v) is 1.99. The monoisotopic (exact) mass is 286 g/mol. The van der Waals surface area contributed by atoms with Gasteiger partial charge < -0.3 is 16.0 Å². The Labute approximate surface area is 124 Å². The van der Waals surface area contributed by atoms with E-state index in [4.69, 9.17) is 12.2 Å². The molecule has 0 saturated carbocycles. The highest BCUT2D eigenvalue weighted by Gasteiger charge is 2.00. The van der Waals surface area contributed by atoms with E-state index < -0.39 is 0 Å². The van der Waals surface area contributed by atoms with Crippen LogP contribution in [0.2, 0.25) is 0 Å². The van der Waals surface area contributed by atoms with Crippen molar-refractivity contribution >= 4 is 34.5 Å². The molecule has 0 radical (unpaired) electrons. The minimum absolute atomic E-state index is 0.605. The molecule has 0 unspecified atom stereocenters. The van der Waals surface area contributed by atoms with Crippen LogP contribution in [0, 0.1) is 6.92 Å². The molecule has 104 valence electrons. The van der Waals surface area contributed by atoms with Gasteiger partial charge in [0, 0.05) is 12.2 Å². The first-order valence-corrected chi connectivity index (χ1v) is 6.93. The zero-order chi connectivity index (χ0) is 14.4. The van der Waals surface area contributed by atoms with E-state index in [0.717, 1.165) is 23.7 Å². The number of aromatic nitrogens is 1. The lowest BCUT2D eigenvalue weighted by atomic mass is 10.2. The highest BCUT2D eigenvalue weighted by molar-refractivity contribution is 7.80. The molecule has 3 N–H and O–H groups in total. The summed E-state index contributed by atoms with van der Waals surface area (Å²) in [6.07, 6.45) is 1.75. The summed E-state index contributed by atoms with van der Waals surface area (Å²) >= 11 is 5.12. The average molecular weight is 286 g/mol. The van der Waals surface area contributed by atoms with Gasteiger partial charge in [-0.05, 0) is 49.8 Å². The third-order valence-corrected chi connectivity index (χ3v) is 3.01. The Kier molecular flexibility index (Phi) is 4.90. The molecule has 4 nitrogen and oxygen atoms in total. The number of hydrogen-bond acceptors (Lipinski definition) is 3. The van der Waals surface area contributed by atoms with Crippen molar-refractivity contribution in [2.45, 2.75) is 13.8 Å². The highest BCUT2D eigenvalue weighted by atomic mass is 32.1. The number of nitrogens with zero attached hydrogens (tertiary/aromatic N) is 1. The Morgan fingerprint density at radius 3 is 2.65 bits per heavy atom. The minimum atomic E-state index is 0.605. The maximum atomic E-state index is 5.12. The van der Waals surface area contributed by atoms with E-state index in [2.05, 4.69) is 33.9 Å². The molecular weight excluding hydrogens is 268 g/mol. The lowest BCUT2D eigenvalue weighted by Crippen LogP contribution is -2.27. The number of para-hydroxylation sites is 1. The van der Waals surface area contributed by atoms with Gasteiger partial charge in [0.05, 0.1) is 11.9 Å². The molecular formula is C15H18N4S. The molecule has 0 spiro atoms. The number of thiocarbonyl (C=S) groups is 1. The van der Waals surface area contributed by atoms with Crippen LogP contribution in [0.25, 0.3) is 0 Å². The van der Waals surface area contributed by atoms with Crippen molar-refractivity contribution in [1.82, 2.24) is 10.3 Å². The van der Waals surface area contributed by atoms with Gasteiger partial charge in [-0.2, -0.15) is 0 Å². The summed E-state index contributed by atoms with van der Waals surface area (Å²) in [4.78, 5) is 4.37. The van der Waals surface area contributed by atoms with E-state index in [1.807, 2.05) is 37.3 Å². The lowest BCUT2D eigenvalue weighted by molar-refractivity contribution is 0.979. The smallest absolute Gasteiger partial charge is 0.170 e. The summed E-state index contributed by atoms with van der Waals surface area (Å²) in [5.41, 5.74) is 3.11. The Bertz CT molecular complexity index is 581. The predicted molar refractivity (Wildman–Crippen MR) is 88.6 cm³/mol. The molecule has 1 aromatic carbocycles. The average Bonchev–Trinajstić information content (AvgIpc) is 2.44. The van der Waals surface area contributed by atoms with E-state index in [1.165, 1.54) is 5.56 Å². The van der Waals surface area contributed by atoms with Crippen molar-refractivity contribution < 1.29 is 0 Å². The van der Waals surface area contributed by atoms with Crippen molar-refractivity contribution in [3.63, 3.8) is 0 Å². The molecule has 0 aliphatic rings. The fourth-order valence-electron chi connectivity index (χ4n) is 1.73. The molecule has 0 bridgehead atoms. The van der Waals surface area contributed by atoms with Gasteiger partial charge in [0.25, 0.3) is 0 Å². The van der Waals surface area contributed by atoms with Crippen molar-refractivity contribution in [3.8, 4) is 0 Å². The number of benzene rings is 1. The van der Waals surface area contributed by atoms with Crippen LogP contribution in [0.4, 0.5) is 17.2 Å². The van der Waals surface area contributed by atoms with Gasteiger partial charge in [-0.15, -0.1) is 0 Å². The van der Waals surface area contributed by atoms with Crippen LogP contribution in [-0.2, 0) is 0 Å². The molecule has 2 aromatic rings. The second kappa shape index (κ2) is 6.86. The summed E-state index contributed by atoms with van der Waals surface area (Å²) < 4.78 is 0. The van der Waals surface area contributed by atoms with Crippen molar-refractivity contribution in [2.24, 2.45) is 0 Å². The zero-order valence-corrected chi connectivity index (χ0v) is 12.4. The zero-order valence-electron chi connectivity index (χ0n) is 11.6. The lowest BCUT2D eigenvalue weighted by Gasteiger charge is -2.11. The van der Waals surface area contributed by atoms with Gasteiger partial charge in [-0.3, -0.25) is 0 Å². The molecule has 0 atom stereocenters. The largest absolute Gasteiger partial charge is 0.363 e. The van der Waals surface area contributed by atoms with Crippen molar-refractivity contribution in [1.29, 1.82) is 0 Å². The first-order valence-electron chi connectivity index (χ1n) is 6.52. The van der Waals surface area contributed by atoms with Gasteiger partial charge in [-0.25, -0.2) is 4.98 Å². The van der Waals surface area contributed by atoms with Gasteiger partial charge >= 0.3 is 0 Å². The summed E-state index contributed by atoms with van der Waals surface area (Å²) in [6, 6.07) is 12.0. The second-order valence-electron chi connectivity index (χ2n) is 4.36. The molecule has 1 heterocycles. The van der Waals surface area contributed by atoms with Gasteiger partial charge in [-0.1, -0.05) is 18.2 Å². The van der Waals surface area contributed by atoms with Crippen LogP contribution in [0.15, 0.2) is 42.6 Å². The number of hydrogen-bond donors (Lipinski definition) is 3. The first-order chi connectivity index (χ1) is 9.69. The van der Waals surface area contributed by atoms with Crippen LogP contribution in [0.5, 0.6) is 0 Å². The van der Waals surface area contributed by atoms with Crippen LogP contribution in [0.3, 0.4) is 0 Å². The first kappa shape index (κ1) is 14.3. The van der Waals surface area contributed by atoms with Crippen LogP contribution in [0.1, 0.15) is 12.5 Å². The minimum Gasteiger partial charge on any atom is -0.363 e. The summed E-state index contributed by atoms with van der Waals surface area (Å²) in [5.74, 6) is 0.805. The van der Waals surface area contributed by atoms with E-state index >= 15 is 0 Å². The van der Waals surface area contributed by atoms with Crippen LogP contribution < -0.4 is 16.0 Å². The fraction of sp³-hybridized carbons (Fsp3) is 0.200. The Morgan fingerprint density at radius 2 is 2.00 bits per heavy atom. The third kappa shape index (κ3) is 3.93. The normalized spacial score (nSPS) is 9.90. The summed E-state index contributed by atoms with van der Waals surface area (Å²) in [5, 5.41) is 10.0. The number of nitrogens with one attached hydrogen (secondary N) is 3. The second-order valence-corrected chi connectivity index (χ2v) is 4.76. The maximum Gasteiger partial charge on any atom is 0.170 e. The van der Waals surface area contributed by atoms with E-state index in [9.17, 15) is 0 Å². The maximum absolute atomic E-state index is 5.12. The molecule has 5 heteroatoms. The number of rotatable bonds is 4. The van der Waals surface area contributed by atoms with E-state index in [0.29, 0.717) is 5.11 Å². The van der Waals surface area contributed by atoms with Gasteiger partial charge in [0.2, 0.25) is 0 Å². The Hall–Kier alpha value is -2.14. The summed E-state index contributed by atoms with van der Waals surface area (Å²) in [7, 11) is 0. The number of anilines is 3. The molecule has 0 saturated heterocycles. The standard InChI is InChI=1S/C15H18N4S/c1-3-16-15(20)18-12-8-9-14(17-10-12)19-13-7-5-4-6-11(13)2/h4-10H,3H2,1-2H3,(H,17,19)(H2,16,18,20). The molecule has 20 heavy (non-hydrogen) atoms.